The number of nitrogens with zero attached hydrogens (tertiary/aromatic N) is 5. The quantitative estimate of drug-likeness (QED) is 0.232. The van der Waals surface area contributed by atoms with Gasteiger partial charge in [-0.2, -0.15) is 4.31 Å². The molecule has 0 amide bonds. The topological polar surface area (TPSA) is 133 Å². The van der Waals surface area contributed by atoms with Crippen LogP contribution in [0.15, 0.2) is 47.6 Å². The average Bonchev–Trinajstić information content (AvgIpc) is 3.55. The van der Waals surface area contributed by atoms with Crippen molar-refractivity contribution in [1.82, 2.24) is 23.9 Å². The van der Waals surface area contributed by atoms with Crippen LogP contribution in [0.5, 0.6) is 5.88 Å². The molecule has 2 aliphatic rings. The molecule has 1 atom stereocenters. The number of alkyl halides is 2. The van der Waals surface area contributed by atoms with Crippen molar-refractivity contribution in [3.05, 3.63) is 81.9 Å². The largest absolute Gasteiger partial charge is 0.481 e. The predicted octanol–water partition coefficient (Wildman–Crippen LogP) is 6.05. The standard InChI is InChI=1S/C29H31F2N5O5S/c1-16-10-23-28(32-13-16)41-29(7-8-29)15-35(42(23,39)40)14-20-11-19(5-4-17(20)2)22(12-24(37)38)21-6-9-36-26(18(21)3)33-34-27(36)25(30)31/h4-6,9-11,13,22,25,39-40H,7-8,12,14-15H2,1-3H3,(H,37,38). The second-order valence-electron chi connectivity index (χ2n) is 11.2. The molecule has 3 N–H and O–H groups in total. The number of aryl methyl sites for hydroxylation is 3. The van der Waals surface area contributed by atoms with E-state index in [0.29, 0.717) is 23.2 Å². The minimum Gasteiger partial charge on any atom is -0.481 e. The summed E-state index contributed by atoms with van der Waals surface area (Å²) in [5.41, 5.74) is 4.04. The van der Waals surface area contributed by atoms with E-state index < -0.39 is 40.5 Å². The van der Waals surface area contributed by atoms with Crippen LogP contribution >= 0.6 is 10.8 Å². The van der Waals surface area contributed by atoms with Gasteiger partial charge in [-0.15, -0.1) is 21.0 Å². The highest BCUT2D eigenvalue weighted by Crippen LogP contribution is 2.61. The molecule has 1 saturated carbocycles. The summed E-state index contributed by atoms with van der Waals surface area (Å²) in [4.78, 5) is 16.6. The van der Waals surface area contributed by atoms with Crippen molar-refractivity contribution in [2.75, 3.05) is 6.54 Å². The molecule has 1 spiro atoms. The van der Waals surface area contributed by atoms with Gasteiger partial charge in [-0.05, 0) is 79.1 Å². The molecule has 1 aromatic carbocycles. The first-order chi connectivity index (χ1) is 19.9. The molecule has 10 nitrogen and oxygen atoms in total. The van der Waals surface area contributed by atoms with Crippen molar-refractivity contribution in [1.29, 1.82) is 0 Å². The molecule has 0 radical (unpaired) electrons. The van der Waals surface area contributed by atoms with Gasteiger partial charge in [-0.25, -0.2) is 13.8 Å². The van der Waals surface area contributed by atoms with Gasteiger partial charge >= 0.3 is 5.97 Å². The monoisotopic (exact) mass is 599 g/mol. The number of ether oxygens (including phenoxy) is 1. The van der Waals surface area contributed by atoms with Crippen molar-refractivity contribution < 1.29 is 32.5 Å². The van der Waals surface area contributed by atoms with E-state index >= 15 is 0 Å². The lowest BCUT2D eigenvalue weighted by Crippen LogP contribution is -2.36. The van der Waals surface area contributed by atoms with Gasteiger partial charge in [0, 0.05) is 24.9 Å². The SMILES string of the molecule is Cc1cnc2c(c1)S(O)(O)N(Cc1cc(C(CC(=O)O)c3ccn4c(C(F)F)nnc4c3C)ccc1C)CC1(CC1)O2. The van der Waals surface area contributed by atoms with Gasteiger partial charge in [0.05, 0.1) is 13.0 Å². The van der Waals surface area contributed by atoms with Gasteiger partial charge in [-0.3, -0.25) is 18.3 Å². The van der Waals surface area contributed by atoms with Crippen LogP contribution in [0.2, 0.25) is 0 Å². The number of carbonyl (C=O) groups is 1. The van der Waals surface area contributed by atoms with Gasteiger partial charge in [0.25, 0.3) is 6.43 Å². The van der Waals surface area contributed by atoms with E-state index in [4.69, 9.17) is 4.74 Å². The molecule has 4 aromatic rings. The highest BCUT2D eigenvalue weighted by atomic mass is 32.3. The zero-order valence-electron chi connectivity index (χ0n) is 23.3. The first-order valence-corrected chi connectivity index (χ1v) is 15.0. The molecule has 1 aliphatic carbocycles. The van der Waals surface area contributed by atoms with Crippen LogP contribution < -0.4 is 4.74 Å². The molecule has 0 saturated heterocycles. The Kier molecular flexibility index (Phi) is 6.96. The van der Waals surface area contributed by atoms with Crippen LogP contribution in [0.1, 0.15) is 70.8 Å². The lowest BCUT2D eigenvalue weighted by atomic mass is 9.85. The smallest absolute Gasteiger partial charge is 0.304 e. The zero-order valence-corrected chi connectivity index (χ0v) is 24.1. The molecule has 1 fully saturated rings. The van der Waals surface area contributed by atoms with Crippen molar-refractivity contribution in [2.45, 2.75) is 69.4 Å². The number of halogens is 2. The molecular formula is C29H31F2N5O5S. The van der Waals surface area contributed by atoms with Crippen molar-refractivity contribution in [3.8, 4) is 5.88 Å². The van der Waals surface area contributed by atoms with Gasteiger partial charge < -0.3 is 9.84 Å². The van der Waals surface area contributed by atoms with Crippen molar-refractivity contribution >= 4 is 22.4 Å². The van der Waals surface area contributed by atoms with Gasteiger partial charge in [0.15, 0.2) is 5.65 Å². The van der Waals surface area contributed by atoms with Crippen LogP contribution in [-0.4, -0.2) is 56.2 Å². The fourth-order valence-corrected chi connectivity index (χ4v) is 7.31. The maximum absolute atomic E-state index is 13.4. The molecule has 4 heterocycles. The predicted molar refractivity (Wildman–Crippen MR) is 151 cm³/mol. The number of aliphatic carboxylic acids is 1. The Morgan fingerprint density at radius 3 is 2.60 bits per heavy atom. The van der Waals surface area contributed by atoms with Crippen molar-refractivity contribution in [3.63, 3.8) is 0 Å². The Labute approximate surface area is 242 Å². The zero-order chi connectivity index (χ0) is 30.0. The molecule has 6 rings (SSSR count). The number of carboxylic acids is 1. The lowest BCUT2D eigenvalue weighted by Gasteiger charge is -2.42. The highest BCUT2D eigenvalue weighted by molar-refractivity contribution is 8.22. The summed E-state index contributed by atoms with van der Waals surface area (Å²) >= 11 is 0. The number of rotatable bonds is 7. The van der Waals surface area contributed by atoms with E-state index in [0.717, 1.165) is 29.5 Å². The van der Waals surface area contributed by atoms with Crippen LogP contribution in [0.3, 0.4) is 0 Å². The first kappa shape index (κ1) is 28.5. The van der Waals surface area contributed by atoms with E-state index in [2.05, 4.69) is 15.2 Å². The molecule has 13 heteroatoms. The lowest BCUT2D eigenvalue weighted by molar-refractivity contribution is -0.137. The first-order valence-electron chi connectivity index (χ1n) is 13.5. The summed E-state index contributed by atoms with van der Waals surface area (Å²) in [6, 6.07) is 8.94. The van der Waals surface area contributed by atoms with Gasteiger partial charge in [0.2, 0.25) is 11.7 Å². The number of hydrogen-bond donors (Lipinski definition) is 3. The highest BCUT2D eigenvalue weighted by Gasteiger charge is 2.52. The normalized spacial score (nSPS) is 18.9. The average molecular weight is 600 g/mol. The third kappa shape index (κ3) is 5.00. The second kappa shape index (κ2) is 10.3. The summed E-state index contributed by atoms with van der Waals surface area (Å²) in [6.07, 6.45) is 1.57. The third-order valence-electron chi connectivity index (χ3n) is 8.16. The minimum absolute atomic E-state index is 0.181. The summed E-state index contributed by atoms with van der Waals surface area (Å²) < 4.78 is 59.0. The Morgan fingerprint density at radius 2 is 1.90 bits per heavy atom. The van der Waals surface area contributed by atoms with Gasteiger partial charge in [0.1, 0.15) is 10.5 Å². The molecule has 42 heavy (non-hydrogen) atoms. The van der Waals surface area contributed by atoms with E-state index in [9.17, 15) is 27.8 Å². The van der Waals surface area contributed by atoms with Gasteiger partial charge in [-0.1, -0.05) is 18.2 Å². The number of carboxylic acid groups (broad SMARTS) is 1. The van der Waals surface area contributed by atoms with Crippen molar-refractivity contribution in [2.24, 2.45) is 0 Å². The Hall–Kier alpha value is -3.65. The Bertz CT molecular complexity index is 1710. The second-order valence-corrected chi connectivity index (χ2v) is 13.2. The molecule has 1 aliphatic heterocycles. The van der Waals surface area contributed by atoms with Crippen LogP contribution in [-0.2, 0) is 11.3 Å². The summed E-state index contributed by atoms with van der Waals surface area (Å²) in [6.45, 7) is 5.93. The number of aromatic nitrogens is 4. The molecule has 222 valence electrons. The molecule has 3 aromatic heterocycles. The summed E-state index contributed by atoms with van der Waals surface area (Å²) in [5, 5.41) is 17.4. The van der Waals surface area contributed by atoms with E-state index in [-0.39, 0.29) is 29.4 Å². The van der Waals surface area contributed by atoms with E-state index in [1.165, 1.54) is 10.6 Å². The molecule has 0 bridgehead atoms. The number of hydrogen-bond acceptors (Lipinski definition) is 8. The fourth-order valence-electron chi connectivity index (χ4n) is 5.63. The maximum Gasteiger partial charge on any atom is 0.304 e. The van der Waals surface area contributed by atoms with E-state index in [1.807, 2.05) is 32.0 Å². The van der Waals surface area contributed by atoms with Crippen LogP contribution in [0.4, 0.5) is 8.78 Å². The molecular weight excluding hydrogens is 568 g/mol. The van der Waals surface area contributed by atoms with Crippen LogP contribution in [0.25, 0.3) is 5.65 Å². The summed E-state index contributed by atoms with van der Waals surface area (Å²) in [7, 11) is -3.46. The Morgan fingerprint density at radius 1 is 1.14 bits per heavy atom. The van der Waals surface area contributed by atoms with Crippen LogP contribution in [0, 0.1) is 20.8 Å². The third-order valence-corrected chi connectivity index (χ3v) is 10.0. The maximum atomic E-state index is 13.4. The fraction of sp³-hybridized carbons (Fsp3) is 0.379. The van der Waals surface area contributed by atoms with E-state index in [1.54, 1.807) is 29.6 Å². The summed E-state index contributed by atoms with van der Waals surface area (Å²) in [5.74, 6) is -1.88. The number of pyridine rings is 2. The Balaban J connectivity index is 1.39. The number of fused-ring (bicyclic) bond motifs is 2. The number of benzene rings is 1. The molecule has 1 unspecified atom stereocenters. The minimum atomic E-state index is -3.46.